The molecule has 1 aromatic heterocycles. The Morgan fingerprint density at radius 1 is 1.21 bits per heavy atom. The van der Waals surface area contributed by atoms with E-state index in [4.69, 9.17) is 11.6 Å². The lowest BCUT2D eigenvalue weighted by Crippen LogP contribution is -2.33. The topological polar surface area (TPSA) is 62.3 Å². The lowest BCUT2D eigenvalue weighted by Gasteiger charge is -2.31. The number of hydrogen-bond acceptors (Lipinski definition) is 4. The minimum Gasteiger partial charge on any atom is -0.357 e. The van der Waals surface area contributed by atoms with Gasteiger partial charge in [-0.3, -0.25) is 4.72 Å². The Bertz CT molecular complexity index is 801. The summed E-state index contributed by atoms with van der Waals surface area (Å²) >= 11 is 5.86. The lowest BCUT2D eigenvalue weighted by molar-refractivity contribution is 0.436. The standard InChI is InChI=1S/C17H20ClN3O2S/c1-13-7-9-21(10-8-13)17-6-5-15(12-19-17)20-24(22,23)16-4-2-3-14(18)11-16/h2-6,11-13,20H,7-10H2,1H3. The third kappa shape index (κ3) is 3.99. The van der Waals surface area contributed by atoms with Crippen molar-refractivity contribution in [2.24, 2.45) is 5.92 Å². The van der Waals surface area contributed by atoms with E-state index in [1.165, 1.54) is 12.1 Å². The summed E-state index contributed by atoms with van der Waals surface area (Å²) in [7, 11) is -3.67. The highest BCUT2D eigenvalue weighted by Gasteiger charge is 2.18. The molecule has 2 heterocycles. The number of benzene rings is 1. The van der Waals surface area contributed by atoms with E-state index < -0.39 is 10.0 Å². The summed E-state index contributed by atoms with van der Waals surface area (Å²) in [4.78, 5) is 6.76. The van der Waals surface area contributed by atoms with Gasteiger partial charge in [0.05, 0.1) is 16.8 Å². The molecule has 5 nitrogen and oxygen atoms in total. The van der Waals surface area contributed by atoms with Crippen LogP contribution in [0.2, 0.25) is 5.02 Å². The predicted molar refractivity (Wildman–Crippen MR) is 97.1 cm³/mol. The SMILES string of the molecule is CC1CCN(c2ccc(NS(=O)(=O)c3cccc(Cl)c3)cn2)CC1. The van der Waals surface area contributed by atoms with Crippen molar-refractivity contribution in [2.75, 3.05) is 22.7 Å². The molecule has 1 fully saturated rings. The second kappa shape index (κ2) is 6.99. The molecule has 1 aliphatic rings. The number of nitrogens with zero attached hydrogens (tertiary/aromatic N) is 2. The molecule has 0 unspecified atom stereocenters. The second-order valence-electron chi connectivity index (χ2n) is 6.14. The molecule has 24 heavy (non-hydrogen) atoms. The molecule has 1 aliphatic heterocycles. The number of sulfonamides is 1. The Morgan fingerprint density at radius 2 is 1.96 bits per heavy atom. The number of halogens is 1. The van der Waals surface area contributed by atoms with Crippen molar-refractivity contribution in [2.45, 2.75) is 24.7 Å². The molecule has 0 bridgehead atoms. The molecular formula is C17H20ClN3O2S. The number of pyridine rings is 1. The van der Waals surface area contributed by atoms with Crippen molar-refractivity contribution < 1.29 is 8.42 Å². The Balaban J connectivity index is 1.72. The van der Waals surface area contributed by atoms with Crippen LogP contribution in [-0.2, 0) is 10.0 Å². The van der Waals surface area contributed by atoms with Gasteiger partial charge in [0.15, 0.2) is 0 Å². The molecule has 3 rings (SSSR count). The summed E-state index contributed by atoms with van der Waals surface area (Å²) in [5.41, 5.74) is 0.434. The average molecular weight is 366 g/mol. The average Bonchev–Trinajstić information content (AvgIpc) is 2.56. The highest BCUT2D eigenvalue weighted by atomic mass is 35.5. The van der Waals surface area contributed by atoms with E-state index in [1.807, 2.05) is 6.07 Å². The monoisotopic (exact) mass is 365 g/mol. The molecule has 128 valence electrons. The first kappa shape index (κ1) is 17.0. The van der Waals surface area contributed by atoms with Crippen LogP contribution < -0.4 is 9.62 Å². The van der Waals surface area contributed by atoms with E-state index in [0.29, 0.717) is 10.7 Å². The van der Waals surface area contributed by atoms with Crippen molar-refractivity contribution in [1.82, 2.24) is 4.98 Å². The molecule has 0 radical (unpaired) electrons. The zero-order valence-corrected chi connectivity index (χ0v) is 15.0. The normalized spacial score (nSPS) is 16.2. The maximum Gasteiger partial charge on any atom is 0.261 e. The quantitative estimate of drug-likeness (QED) is 0.895. The molecule has 0 saturated carbocycles. The summed E-state index contributed by atoms with van der Waals surface area (Å²) in [6.07, 6.45) is 3.87. The van der Waals surface area contributed by atoms with Crippen LogP contribution in [-0.4, -0.2) is 26.5 Å². The number of piperidine rings is 1. The Morgan fingerprint density at radius 3 is 2.58 bits per heavy atom. The Hall–Kier alpha value is -1.79. The molecule has 0 spiro atoms. The zero-order valence-electron chi connectivity index (χ0n) is 13.4. The van der Waals surface area contributed by atoms with Crippen LogP contribution in [0.3, 0.4) is 0 Å². The van der Waals surface area contributed by atoms with Crippen LogP contribution in [0.1, 0.15) is 19.8 Å². The van der Waals surface area contributed by atoms with Gasteiger partial charge in [-0.05, 0) is 49.1 Å². The van der Waals surface area contributed by atoms with Gasteiger partial charge in [0.2, 0.25) is 0 Å². The highest BCUT2D eigenvalue weighted by Crippen LogP contribution is 2.23. The fourth-order valence-electron chi connectivity index (χ4n) is 2.72. The lowest BCUT2D eigenvalue weighted by atomic mass is 9.99. The van der Waals surface area contributed by atoms with Crippen molar-refractivity contribution >= 4 is 33.1 Å². The van der Waals surface area contributed by atoms with Gasteiger partial charge < -0.3 is 4.90 Å². The number of aromatic nitrogens is 1. The Kier molecular flexibility index (Phi) is 4.96. The molecule has 0 atom stereocenters. The van der Waals surface area contributed by atoms with E-state index in [-0.39, 0.29) is 4.90 Å². The smallest absolute Gasteiger partial charge is 0.261 e. The third-order valence-corrected chi connectivity index (χ3v) is 5.83. The number of hydrogen-bond donors (Lipinski definition) is 1. The van der Waals surface area contributed by atoms with E-state index >= 15 is 0 Å². The summed E-state index contributed by atoms with van der Waals surface area (Å²) in [5, 5.41) is 0.380. The van der Waals surface area contributed by atoms with Crippen LogP contribution in [0.15, 0.2) is 47.5 Å². The molecule has 0 aliphatic carbocycles. The van der Waals surface area contributed by atoms with Crippen LogP contribution in [0.5, 0.6) is 0 Å². The number of rotatable bonds is 4. The van der Waals surface area contributed by atoms with E-state index in [2.05, 4.69) is 21.5 Å². The molecule has 1 N–H and O–H groups in total. The minimum absolute atomic E-state index is 0.129. The molecule has 1 aromatic carbocycles. The number of anilines is 2. The third-order valence-electron chi connectivity index (χ3n) is 4.21. The van der Waals surface area contributed by atoms with E-state index in [0.717, 1.165) is 37.7 Å². The summed E-state index contributed by atoms with van der Waals surface area (Å²) < 4.78 is 27.3. The Labute approximate surface area is 147 Å². The summed E-state index contributed by atoms with van der Waals surface area (Å²) in [5.74, 6) is 1.64. The minimum atomic E-state index is -3.67. The van der Waals surface area contributed by atoms with E-state index in [9.17, 15) is 8.42 Å². The van der Waals surface area contributed by atoms with Gasteiger partial charge in [-0.25, -0.2) is 13.4 Å². The van der Waals surface area contributed by atoms with Crippen molar-refractivity contribution in [3.05, 3.63) is 47.6 Å². The van der Waals surface area contributed by atoms with Gasteiger partial charge in [0.1, 0.15) is 5.82 Å². The van der Waals surface area contributed by atoms with Gasteiger partial charge in [-0.2, -0.15) is 0 Å². The fraction of sp³-hybridized carbons (Fsp3) is 0.353. The molecule has 7 heteroatoms. The van der Waals surface area contributed by atoms with Crippen molar-refractivity contribution in [3.63, 3.8) is 0 Å². The van der Waals surface area contributed by atoms with Gasteiger partial charge in [-0.15, -0.1) is 0 Å². The van der Waals surface area contributed by atoms with Gasteiger partial charge in [-0.1, -0.05) is 24.6 Å². The molecule has 1 saturated heterocycles. The first-order valence-corrected chi connectivity index (χ1v) is 9.79. The highest BCUT2D eigenvalue weighted by molar-refractivity contribution is 7.92. The van der Waals surface area contributed by atoms with Crippen LogP contribution in [0.4, 0.5) is 11.5 Å². The maximum absolute atomic E-state index is 12.4. The van der Waals surface area contributed by atoms with Crippen molar-refractivity contribution in [3.8, 4) is 0 Å². The van der Waals surface area contributed by atoms with E-state index in [1.54, 1.807) is 24.4 Å². The van der Waals surface area contributed by atoms with Crippen molar-refractivity contribution in [1.29, 1.82) is 0 Å². The number of nitrogens with one attached hydrogen (secondary N) is 1. The second-order valence-corrected chi connectivity index (χ2v) is 8.26. The summed E-state index contributed by atoms with van der Waals surface area (Å²) in [6, 6.07) is 9.76. The fourth-order valence-corrected chi connectivity index (χ4v) is 4.06. The van der Waals surface area contributed by atoms with Gasteiger partial charge >= 0.3 is 0 Å². The van der Waals surface area contributed by atoms with Crippen LogP contribution in [0, 0.1) is 5.92 Å². The summed E-state index contributed by atoms with van der Waals surface area (Å²) in [6.45, 7) is 4.24. The molecular weight excluding hydrogens is 346 g/mol. The van der Waals surface area contributed by atoms with Gasteiger partial charge in [0, 0.05) is 18.1 Å². The molecule has 0 amide bonds. The largest absolute Gasteiger partial charge is 0.357 e. The predicted octanol–water partition coefficient (Wildman–Crippen LogP) is 3.77. The first-order valence-electron chi connectivity index (χ1n) is 7.93. The van der Waals surface area contributed by atoms with Gasteiger partial charge in [0.25, 0.3) is 10.0 Å². The zero-order chi connectivity index (χ0) is 17.2. The van der Waals surface area contributed by atoms with Crippen LogP contribution >= 0.6 is 11.6 Å². The molecule has 2 aromatic rings. The maximum atomic E-state index is 12.4. The van der Waals surface area contributed by atoms with Crippen LogP contribution in [0.25, 0.3) is 0 Å². The first-order chi connectivity index (χ1) is 11.4.